The Hall–Kier alpha value is -1.01. The molecule has 0 heterocycles. The van der Waals surface area contributed by atoms with Gasteiger partial charge in [0, 0.05) is 15.4 Å². The van der Waals surface area contributed by atoms with E-state index in [1.807, 2.05) is 0 Å². The third kappa shape index (κ3) is 3.98. The maximum atomic E-state index is 11.9. The van der Waals surface area contributed by atoms with Crippen LogP contribution in [0.25, 0.3) is 0 Å². The predicted octanol–water partition coefficient (Wildman–Crippen LogP) is 2.91. The number of rotatable bonds is 5. The maximum Gasteiger partial charge on any atom is 0.336 e. The fourth-order valence-corrected chi connectivity index (χ4v) is 3.11. The van der Waals surface area contributed by atoms with Gasteiger partial charge in [0.15, 0.2) is 0 Å². The fourth-order valence-electron chi connectivity index (χ4n) is 1.56. The van der Waals surface area contributed by atoms with Crippen molar-refractivity contribution in [3.8, 4) is 0 Å². The first-order valence-corrected chi connectivity index (χ1v) is 7.64. The highest BCUT2D eigenvalue weighted by Gasteiger charge is 2.26. The van der Waals surface area contributed by atoms with Crippen molar-refractivity contribution in [1.29, 1.82) is 0 Å². The van der Waals surface area contributed by atoms with Crippen molar-refractivity contribution in [3.63, 3.8) is 0 Å². The smallest absolute Gasteiger partial charge is 0.336 e. The molecule has 1 aliphatic carbocycles. The molecule has 102 valence electrons. The summed E-state index contributed by atoms with van der Waals surface area (Å²) >= 11 is 4.58. The molecule has 4 nitrogen and oxygen atoms in total. The Labute approximate surface area is 124 Å². The lowest BCUT2D eigenvalue weighted by molar-refractivity contribution is -0.120. The Morgan fingerprint density at radius 3 is 2.74 bits per heavy atom. The zero-order valence-electron chi connectivity index (χ0n) is 10.4. The van der Waals surface area contributed by atoms with Crippen LogP contribution in [0.1, 0.15) is 30.1 Å². The molecule has 0 radical (unpaired) electrons. The third-order valence-electron chi connectivity index (χ3n) is 2.77. The summed E-state index contributed by atoms with van der Waals surface area (Å²) in [6.07, 6.45) is 2.08. The minimum atomic E-state index is -0.982. The standard InChI is InChI=1S/C13H14BrNO3S/c1-7(12(16)15-9-3-4-9)19-11-6-8(14)2-5-10(11)13(17)18/h2,5-7,9H,3-4H2,1H3,(H,15,16)(H,17,18). The van der Waals surface area contributed by atoms with Crippen molar-refractivity contribution in [1.82, 2.24) is 5.32 Å². The third-order valence-corrected chi connectivity index (χ3v) is 4.42. The number of halogens is 1. The number of hydrogen-bond acceptors (Lipinski definition) is 3. The lowest BCUT2D eigenvalue weighted by Crippen LogP contribution is -2.32. The summed E-state index contributed by atoms with van der Waals surface area (Å²) < 4.78 is 0.801. The molecule has 0 bridgehead atoms. The van der Waals surface area contributed by atoms with Gasteiger partial charge in [-0.3, -0.25) is 4.79 Å². The van der Waals surface area contributed by atoms with Crippen molar-refractivity contribution in [2.24, 2.45) is 0 Å². The van der Waals surface area contributed by atoms with Crippen LogP contribution in [-0.2, 0) is 4.79 Å². The number of carbonyl (C=O) groups is 2. The zero-order chi connectivity index (χ0) is 14.0. The van der Waals surface area contributed by atoms with Crippen molar-refractivity contribution >= 4 is 39.6 Å². The Bertz CT molecular complexity index is 517. The van der Waals surface area contributed by atoms with Gasteiger partial charge in [0.2, 0.25) is 5.91 Å². The van der Waals surface area contributed by atoms with E-state index in [1.165, 1.54) is 11.8 Å². The van der Waals surface area contributed by atoms with Crippen LogP contribution in [0, 0.1) is 0 Å². The zero-order valence-corrected chi connectivity index (χ0v) is 12.8. The molecular formula is C13H14BrNO3S. The maximum absolute atomic E-state index is 11.9. The van der Waals surface area contributed by atoms with E-state index in [0.29, 0.717) is 10.9 Å². The van der Waals surface area contributed by atoms with Gasteiger partial charge in [0.25, 0.3) is 0 Å². The number of carboxylic acids is 1. The van der Waals surface area contributed by atoms with Crippen molar-refractivity contribution < 1.29 is 14.7 Å². The molecule has 1 saturated carbocycles. The molecule has 6 heteroatoms. The molecule has 1 aromatic rings. The van der Waals surface area contributed by atoms with Crippen LogP contribution in [0.15, 0.2) is 27.6 Å². The van der Waals surface area contributed by atoms with E-state index in [9.17, 15) is 9.59 Å². The molecule has 1 unspecified atom stereocenters. The van der Waals surface area contributed by atoms with Crippen LogP contribution in [0.4, 0.5) is 0 Å². The minimum Gasteiger partial charge on any atom is -0.478 e. The monoisotopic (exact) mass is 343 g/mol. The van der Waals surface area contributed by atoms with Gasteiger partial charge in [-0.2, -0.15) is 0 Å². The van der Waals surface area contributed by atoms with Gasteiger partial charge in [-0.1, -0.05) is 15.9 Å². The minimum absolute atomic E-state index is 0.0381. The molecule has 0 aliphatic heterocycles. The average molecular weight is 344 g/mol. The highest BCUT2D eigenvalue weighted by molar-refractivity contribution is 9.10. The molecule has 2 N–H and O–H groups in total. The molecule has 1 aliphatic rings. The summed E-state index contributed by atoms with van der Waals surface area (Å²) in [7, 11) is 0. The number of amides is 1. The second kappa shape index (κ2) is 5.96. The summed E-state index contributed by atoms with van der Waals surface area (Å²) in [6.45, 7) is 1.79. The molecular weight excluding hydrogens is 330 g/mol. The van der Waals surface area contributed by atoms with E-state index in [0.717, 1.165) is 17.3 Å². The Balaban J connectivity index is 2.10. The number of thioether (sulfide) groups is 1. The number of aromatic carboxylic acids is 1. The van der Waals surface area contributed by atoms with E-state index in [4.69, 9.17) is 5.11 Å². The molecule has 1 atom stereocenters. The highest BCUT2D eigenvalue weighted by Crippen LogP contribution is 2.30. The van der Waals surface area contributed by atoms with Gasteiger partial charge >= 0.3 is 5.97 Å². The Morgan fingerprint density at radius 2 is 2.16 bits per heavy atom. The fraction of sp³-hybridized carbons (Fsp3) is 0.385. The first-order valence-electron chi connectivity index (χ1n) is 5.97. The molecule has 0 aromatic heterocycles. The molecule has 19 heavy (non-hydrogen) atoms. The van der Waals surface area contributed by atoms with E-state index < -0.39 is 5.97 Å². The summed E-state index contributed by atoms with van der Waals surface area (Å²) in [5.41, 5.74) is 0.222. The quantitative estimate of drug-likeness (QED) is 0.806. The van der Waals surface area contributed by atoms with Gasteiger partial charge < -0.3 is 10.4 Å². The topological polar surface area (TPSA) is 66.4 Å². The number of hydrogen-bond donors (Lipinski definition) is 2. The Kier molecular flexibility index (Phi) is 4.52. The van der Waals surface area contributed by atoms with Gasteiger partial charge in [0.05, 0.1) is 10.8 Å². The molecule has 0 spiro atoms. The predicted molar refractivity (Wildman–Crippen MR) is 77.6 cm³/mol. The summed E-state index contributed by atoms with van der Waals surface area (Å²) in [5, 5.41) is 11.7. The van der Waals surface area contributed by atoms with Gasteiger partial charge in [0.1, 0.15) is 0 Å². The number of nitrogens with one attached hydrogen (secondary N) is 1. The van der Waals surface area contributed by atoms with Crippen LogP contribution in [-0.4, -0.2) is 28.3 Å². The van der Waals surface area contributed by atoms with Crippen molar-refractivity contribution in [2.75, 3.05) is 0 Å². The Morgan fingerprint density at radius 1 is 1.47 bits per heavy atom. The second-order valence-corrected chi connectivity index (χ2v) is 6.79. The summed E-state index contributed by atoms with van der Waals surface area (Å²) in [6, 6.07) is 5.27. The first-order chi connectivity index (χ1) is 8.97. The molecule has 2 rings (SSSR count). The van der Waals surface area contributed by atoms with Crippen LogP contribution in [0.2, 0.25) is 0 Å². The van der Waals surface area contributed by atoms with Crippen LogP contribution >= 0.6 is 27.7 Å². The summed E-state index contributed by atoms with van der Waals surface area (Å²) in [4.78, 5) is 23.6. The second-order valence-electron chi connectivity index (χ2n) is 4.49. The highest BCUT2D eigenvalue weighted by atomic mass is 79.9. The average Bonchev–Trinajstić information content (AvgIpc) is 3.12. The van der Waals surface area contributed by atoms with Crippen molar-refractivity contribution in [3.05, 3.63) is 28.2 Å². The number of benzene rings is 1. The molecule has 1 aromatic carbocycles. The lowest BCUT2D eigenvalue weighted by Gasteiger charge is -2.13. The largest absolute Gasteiger partial charge is 0.478 e. The number of carbonyl (C=O) groups excluding carboxylic acids is 1. The van der Waals surface area contributed by atoms with E-state index in [2.05, 4.69) is 21.2 Å². The first kappa shape index (κ1) is 14.4. The van der Waals surface area contributed by atoms with Crippen molar-refractivity contribution in [2.45, 2.75) is 36.0 Å². The molecule has 1 amide bonds. The molecule has 1 fully saturated rings. The normalized spacial score (nSPS) is 15.9. The van der Waals surface area contributed by atoms with Crippen LogP contribution in [0.5, 0.6) is 0 Å². The van der Waals surface area contributed by atoms with Crippen LogP contribution in [0.3, 0.4) is 0 Å². The number of carboxylic acid groups (broad SMARTS) is 1. The van der Waals surface area contributed by atoms with Gasteiger partial charge in [-0.15, -0.1) is 11.8 Å². The van der Waals surface area contributed by atoms with E-state index >= 15 is 0 Å². The summed E-state index contributed by atoms with van der Waals surface area (Å²) in [5.74, 6) is -1.02. The SMILES string of the molecule is CC(Sc1cc(Br)ccc1C(=O)O)C(=O)NC1CC1. The lowest BCUT2D eigenvalue weighted by atomic mass is 10.2. The van der Waals surface area contributed by atoms with Crippen LogP contribution < -0.4 is 5.32 Å². The van der Waals surface area contributed by atoms with E-state index in [1.54, 1.807) is 25.1 Å². The van der Waals surface area contributed by atoms with E-state index in [-0.39, 0.29) is 16.7 Å². The van der Waals surface area contributed by atoms with Gasteiger partial charge in [-0.05, 0) is 38.0 Å². The van der Waals surface area contributed by atoms with Gasteiger partial charge in [-0.25, -0.2) is 4.79 Å². The molecule has 0 saturated heterocycles.